The van der Waals surface area contributed by atoms with Gasteiger partial charge in [-0.3, -0.25) is 9.52 Å². The maximum atomic E-state index is 12.5. The number of carbonyl (C=O) groups excluding carboxylic acids is 1. The van der Waals surface area contributed by atoms with Gasteiger partial charge in [0.25, 0.3) is 10.0 Å². The number of anilines is 2. The molecule has 1 aliphatic rings. The van der Waals surface area contributed by atoms with Gasteiger partial charge in [-0.05, 0) is 37.3 Å². The van der Waals surface area contributed by atoms with E-state index in [2.05, 4.69) is 10.0 Å². The van der Waals surface area contributed by atoms with Crippen molar-refractivity contribution in [1.82, 2.24) is 5.32 Å². The molecular weight excluding hydrogens is 326 g/mol. The van der Waals surface area contributed by atoms with Crippen LogP contribution in [0.3, 0.4) is 0 Å². The molecule has 2 N–H and O–H groups in total. The lowest BCUT2D eigenvalue weighted by atomic mass is 10.2. The Morgan fingerprint density at radius 3 is 2.58 bits per heavy atom. The van der Waals surface area contributed by atoms with Crippen LogP contribution in [-0.2, 0) is 14.8 Å². The van der Waals surface area contributed by atoms with Gasteiger partial charge in [-0.1, -0.05) is 23.8 Å². The average molecular weight is 345 g/mol. The van der Waals surface area contributed by atoms with Gasteiger partial charge in [-0.25, -0.2) is 8.42 Å². The lowest BCUT2D eigenvalue weighted by Crippen LogP contribution is -2.48. The van der Waals surface area contributed by atoms with Crippen LogP contribution in [0.25, 0.3) is 0 Å². The van der Waals surface area contributed by atoms with Crippen molar-refractivity contribution in [3.05, 3.63) is 54.1 Å². The van der Waals surface area contributed by atoms with Gasteiger partial charge < -0.3 is 10.2 Å². The maximum absolute atomic E-state index is 12.5. The van der Waals surface area contributed by atoms with Crippen molar-refractivity contribution in [2.45, 2.75) is 11.8 Å². The second-order valence-corrected chi connectivity index (χ2v) is 7.37. The normalized spacial score (nSPS) is 15.4. The van der Waals surface area contributed by atoms with E-state index >= 15 is 0 Å². The molecule has 1 heterocycles. The number of hydrogen-bond acceptors (Lipinski definition) is 4. The molecule has 2 aromatic rings. The number of sulfonamides is 1. The largest absolute Gasteiger partial charge is 0.310 e. The summed E-state index contributed by atoms with van der Waals surface area (Å²) in [5, 5.41) is 3.01. The summed E-state index contributed by atoms with van der Waals surface area (Å²) in [7, 11) is -3.66. The van der Waals surface area contributed by atoms with Gasteiger partial charge in [-0.15, -0.1) is 0 Å². The summed E-state index contributed by atoms with van der Waals surface area (Å²) in [5.74, 6) is -0.0280. The highest BCUT2D eigenvalue weighted by Gasteiger charge is 2.20. The Morgan fingerprint density at radius 1 is 1.12 bits per heavy atom. The standard InChI is InChI=1S/C17H19N3O3S/c1-13-5-7-16(8-6-13)24(22,23)19-14-3-2-4-15(11-14)20-10-9-18-12-17(20)21/h2-8,11,18-19H,9-10,12H2,1H3. The van der Waals surface area contributed by atoms with Gasteiger partial charge in [0.2, 0.25) is 5.91 Å². The van der Waals surface area contributed by atoms with Crippen molar-refractivity contribution in [2.24, 2.45) is 0 Å². The van der Waals surface area contributed by atoms with Crippen molar-refractivity contribution < 1.29 is 13.2 Å². The molecule has 7 heteroatoms. The third kappa shape index (κ3) is 3.58. The van der Waals surface area contributed by atoms with E-state index in [0.717, 1.165) is 5.56 Å². The molecule has 6 nitrogen and oxygen atoms in total. The first-order chi connectivity index (χ1) is 11.5. The summed E-state index contributed by atoms with van der Waals surface area (Å²) in [6.45, 7) is 3.47. The lowest BCUT2D eigenvalue weighted by Gasteiger charge is -2.27. The van der Waals surface area contributed by atoms with Crippen LogP contribution in [0, 0.1) is 6.92 Å². The van der Waals surface area contributed by atoms with E-state index < -0.39 is 10.0 Å². The van der Waals surface area contributed by atoms with E-state index in [-0.39, 0.29) is 10.8 Å². The topological polar surface area (TPSA) is 78.5 Å². The first kappa shape index (κ1) is 16.5. The molecule has 24 heavy (non-hydrogen) atoms. The first-order valence-corrected chi connectivity index (χ1v) is 9.15. The fourth-order valence-electron chi connectivity index (χ4n) is 2.55. The molecule has 0 bridgehead atoms. The Balaban J connectivity index is 1.84. The average Bonchev–Trinajstić information content (AvgIpc) is 2.55. The quantitative estimate of drug-likeness (QED) is 0.885. The molecule has 0 saturated carbocycles. The molecule has 126 valence electrons. The van der Waals surface area contributed by atoms with Crippen LogP contribution in [0.2, 0.25) is 0 Å². The summed E-state index contributed by atoms with van der Waals surface area (Å²) >= 11 is 0. The zero-order valence-corrected chi connectivity index (χ0v) is 14.1. The third-order valence-electron chi connectivity index (χ3n) is 3.83. The molecule has 1 amide bonds. The zero-order chi connectivity index (χ0) is 17.2. The molecule has 2 aromatic carbocycles. The van der Waals surface area contributed by atoms with Crippen molar-refractivity contribution in [1.29, 1.82) is 0 Å². The van der Waals surface area contributed by atoms with E-state index in [1.807, 2.05) is 6.92 Å². The lowest BCUT2D eigenvalue weighted by molar-refractivity contribution is -0.118. The van der Waals surface area contributed by atoms with Gasteiger partial charge >= 0.3 is 0 Å². The Hall–Kier alpha value is -2.38. The number of nitrogens with one attached hydrogen (secondary N) is 2. The van der Waals surface area contributed by atoms with Gasteiger partial charge in [0.15, 0.2) is 0 Å². The van der Waals surface area contributed by atoms with Gasteiger partial charge in [0.1, 0.15) is 0 Å². The predicted molar refractivity (Wildman–Crippen MR) is 93.7 cm³/mol. The van der Waals surface area contributed by atoms with Crippen LogP contribution in [0.1, 0.15) is 5.56 Å². The van der Waals surface area contributed by atoms with Crippen molar-refractivity contribution in [3.8, 4) is 0 Å². The minimum atomic E-state index is -3.66. The van der Waals surface area contributed by atoms with Gasteiger partial charge in [0, 0.05) is 18.8 Å². The van der Waals surface area contributed by atoms with Gasteiger partial charge in [0.05, 0.1) is 17.1 Å². The van der Waals surface area contributed by atoms with E-state index in [1.54, 1.807) is 53.4 Å². The molecular formula is C17H19N3O3S. The van der Waals surface area contributed by atoms with E-state index in [0.29, 0.717) is 31.0 Å². The van der Waals surface area contributed by atoms with E-state index in [4.69, 9.17) is 0 Å². The van der Waals surface area contributed by atoms with Crippen LogP contribution >= 0.6 is 0 Å². The third-order valence-corrected chi connectivity index (χ3v) is 5.23. The second kappa shape index (κ2) is 6.62. The van der Waals surface area contributed by atoms with Gasteiger partial charge in [-0.2, -0.15) is 0 Å². The predicted octanol–water partition coefficient (Wildman–Crippen LogP) is 1.73. The highest BCUT2D eigenvalue weighted by Crippen LogP contribution is 2.23. The minimum Gasteiger partial charge on any atom is -0.310 e. The number of carbonyl (C=O) groups is 1. The minimum absolute atomic E-state index is 0.0280. The van der Waals surface area contributed by atoms with Crippen molar-refractivity contribution >= 4 is 27.3 Å². The van der Waals surface area contributed by atoms with E-state index in [1.165, 1.54) is 0 Å². The van der Waals surface area contributed by atoms with Crippen LogP contribution in [0.4, 0.5) is 11.4 Å². The highest BCUT2D eigenvalue weighted by atomic mass is 32.2. The number of aryl methyl sites for hydroxylation is 1. The first-order valence-electron chi connectivity index (χ1n) is 7.66. The molecule has 0 aromatic heterocycles. The van der Waals surface area contributed by atoms with Crippen molar-refractivity contribution in [2.75, 3.05) is 29.3 Å². The Morgan fingerprint density at radius 2 is 1.88 bits per heavy atom. The number of benzene rings is 2. The Kier molecular flexibility index (Phi) is 4.55. The van der Waals surface area contributed by atoms with Crippen LogP contribution in [-0.4, -0.2) is 34.0 Å². The molecule has 1 fully saturated rings. The number of rotatable bonds is 4. The van der Waals surface area contributed by atoms with Crippen molar-refractivity contribution in [3.63, 3.8) is 0 Å². The van der Waals surface area contributed by atoms with E-state index in [9.17, 15) is 13.2 Å². The molecule has 0 radical (unpaired) electrons. The van der Waals surface area contributed by atoms with Crippen LogP contribution in [0.5, 0.6) is 0 Å². The van der Waals surface area contributed by atoms with Crippen LogP contribution in [0.15, 0.2) is 53.4 Å². The molecule has 0 atom stereocenters. The molecule has 0 aliphatic carbocycles. The molecule has 1 saturated heterocycles. The highest BCUT2D eigenvalue weighted by molar-refractivity contribution is 7.92. The monoisotopic (exact) mass is 345 g/mol. The summed E-state index contributed by atoms with van der Waals surface area (Å²) in [5.41, 5.74) is 2.11. The summed E-state index contributed by atoms with van der Waals surface area (Å²) in [6.07, 6.45) is 0. The maximum Gasteiger partial charge on any atom is 0.261 e. The number of nitrogens with zero attached hydrogens (tertiary/aromatic N) is 1. The fraction of sp³-hybridized carbons (Fsp3) is 0.235. The van der Waals surface area contributed by atoms with Crippen LogP contribution < -0.4 is 14.9 Å². The second-order valence-electron chi connectivity index (χ2n) is 5.69. The smallest absolute Gasteiger partial charge is 0.261 e. The SMILES string of the molecule is Cc1ccc(S(=O)(=O)Nc2cccc(N3CCNCC3=O)c2)cc1. The number of hydrogen-bond donors (Lipinski definition) is 2. The Labute approximate surface area is 141 Å². The fourth-order valence-corrected chi connectivity index (χ4v) is 3.60. The number of amides is 1. The Bertz CT molecular complexity index is 848. The molecule has 0 spiro atoms. The molecule has 1 aliphatic heterocycles. The number of piperazine rings is 1. The molecule has 0 unspecified atom stereocenters. The molecule has 3 rings (SSSR count). The summed E-state index contributed by atoms with van der Waals surface area (Å²) in [6, 6.07) is 13.5. The summed E-state index contributed by atoms with van der Waals surface area (Å²) in [4.78, 5) is 13.8. The summed E-state index contributed by atoms with van der Waals surface area (Å²) < 4.78 is 27.5. The zero-order valence-electron chi connectivity index (χ0n) is 13.3.